The molecule has 102 valence electrons. The fraction of sp³-hybridized carbons (Fsp3) is 0.188. The fourth-order valence-electron chi connectivity index (χ4n) is 2.75. The lowest BCUT2D eigenvalue weighted by Crippen LogP contribution is -2.32. The molecule has 1 atom stereocenters. The molecular formula is C16H16N2O2. The van der Waals surface area contributed by atoms with Crippen LogP contribution in [0.1, 0.15) is 17.2 Å². The molecule has 0 unspecified atom stereocenters. The highest BCUT2D eigenvalue weighted by atomic mass is 16.5. The molecule has 1 heterocycles. The van der Waals surface area contributed by atoms with Gasteiger partial charge in [0.1, 0.15) is 0 Å². The van der Waals surface area contributed by atoms with Crippen molar-refractivity contribution in [2.24, 2.45) is 5.73 Å². The van der Waals surface area contributed by atoms with Crippen molar-refractivity contribution in [2.75, 3.05) is 12.0 Å². The van der Waals surface area contributed by atoms with Gasteiger partial charge in [0.2, 0.25) is 0 Å². The van der Waals surface area contributed by atoms with Gasteiger partial charge in [0.15, 0.2) is 0 Å². The van der Waals surface area contributed by atoms with Gasteiger partial charge in [-0.15, -0.1) is 0 Å². The van der Waals surface area contributed by atoms with Crippen LogP contribution in [0.3, 0.4) is 0 Å². The molecule has 4 nitrogen and oxygen atoms in total. The van der Waals surface area contributed by atoms with Crippen LogP contribution >= 0.6 is 0 Å². The lowest BCUT2D eigenvalue weighted by molar-refractivity contribution is 0.105. The zero-order valence-electron chi connectivity index (χ0n) is 11.2. The first-order chi connectivity index (χ1) is 9.72. The molecule has 4 heteroatoms. The highest BCUT2D eigenvalue weighted by Crippen LogP contribution is 2.40. The van der Waals surface area contributed by atoms with Crippen molar-refractivity contribution >= 4 is 17.4 Å². The molecule has 1 aliphatic heterocycles. The van der Waals surface area contributed by atoms with Crippen LogP contribution in [0.2, 0.25) is 0 Å². The molecule has 0 saturated carbocycles. The van der Waals surface area contributed by atoms with Gasteiger partial charge in [-0.2, -0.15) is 0 Å². The number of hydrogen-bond donors (Lipinski definition) is 1. The van der Waals surface area contributed by atoms with Crippen LogP contribution in [0, 0.1) is 0 Å². The number of nitrogens with zero attached hydrogens (tertiary/aromatic N) is 1. The molecule has 20 heavy (non-hydrogen) atoms. The first-order valence-electron chi connectivity index (χ1n) is 6.51. The van der Waals surface area contributed by atoms with Crippen LogP contribution in [-0.4, -0.2) is 13.1 Å². The SMILES string of the molecule is CO[C@H]1Cc2ccccc2N(C(N)=O)c2ccccc21. The second-order valence-electron chi connectivity index (χ2n) is 4.79. The van der Waals surface area contributed by atoms with E-state index >= 15 is 0 Å². The number of ether oxygens (including phenoxy) is 1. The number of rotatable bonds is 1. The molecule has 0 aromatic heterocycles. The molecule has 2 aromatic carbocycles. The third-order valence-electron chi connectivity index (χ3n) is 3.67. The molecule has 0 bridgehead atoms. The topological polar surface area (TPSA) is 55.6 Å². The smallest absolute Gasteiger partial charge is 0.323 e. The van der Waals surface area contributed by atoms with Crippen LogP contribution in [0.5, 0.6) is 0 Å². The summed E-state index contributed by atoms with van der Waals surface area (Å²) >= 11 is 0. The summed E-state index contributed by atoms with van der Waals surface area (Å²) in [6.07, 6.45) is 0.629. The number of benzene rings is 2. The van der Waals surface area contributed by atoms with E-state index in [4.69, 9.17) is 10.5 Å². The fourth-order valence-corrected chi connectivity index (χ4v) is 2.75. The monoisotopic (exact) mass is 268 g/mol. The van der Waals surface area contributed by atoms with Gasteiger partial charge in [-0.05, 0) is 17.7 Å². The second kappa shape index (κ2) is 4.98. The van der Waals surface area contributed by atoms with Crippen molar-refractivity contribution in [1.29, 1.82) is 0 Å². The van der Waals surface area contributed by atoms with Crippen molar-refractivity contribution < 1.29 is 9.53 Å². The van der Waals surface area contributed by atoms with E-state index in [0.29, 0.717) is 6.42 Å². The highest BCUT2D eigenvalue weighted by Gasteiger charge is 2.28. The average molecular weight is 268 g/mol. The Morgan fingerprint density at radius 2 is 1.80 bits per heavy atom. The van der Waals surface area contributed by atoms with Gasteiger partial charge in [-0.3, -0.25) is 4.90 Å². The maximum absolute atomic E-state index is 11.9. The lowest BCUT2D eigenvalue weighted by atomic mass is 10.0. The highest BCUT2D eigenvalue weighted by molar-refractivity contribution is 6.00. The summed E-state index contributed by atoms with van der Waals surface area (Å²) in [5, 5.41) is 0. The predicted molar refractivity (Wildman–Crippen MR) is 78.1 cm³/mol. The molecule has 0 fully saturated rings. The quantitative estimate of drug-likeness (QED) is 0.863. The molecule has 2 N–H and O–H groups in total. The van der Waals surface area contributed by atoms with Crippen LogP contribution in [0.4, 0.5) is 16.2 Å². The Morgan fingerprint density at radius 1 is 1.15 bits per heavy atom. The number of urea groups is 1. The van der Waals surface area contributed by atoms with E-state index in [1.807, 2.05) is 48.5 Å². The second-order valence-corrected chi connectivity index (χ2v) is 4.79. The molecule has 1 aliphatic rings. The predicted octanol–water partition coefficient (Wildman–Crippen LogP) is 3.15. The molecule has 3 rings (SSSR count). The molecule has 2 amide bonds. The van der Waals surface area contributed by atoms with Crippen molar-refractivity contribution in [2.45, 2.75) is 12.5 Å². The van der Waals surface area contributed by atoms with Crippen molar-refractivity contribution in [1.82, 2.24) is 0 Å². The van der Waals surface area contributed by atoms with Gasteiger partial charge in [0, 0.05) is 19.1 Å². The molecule has 2 aromatic rings. The van der Waals surface area contributed by atoms with E-state index in [1.165, 1.54) is 0 Å². The molecule has 0 radical (unpaired) electrons. The third-order valence-corrected chi connectivity index (χ3v) is 3.67. The Kier molecular flexibility index (Phi) is 3.16. The van der Waals surface area contributed by atoms with E-state index < -0.39 is 6.03 Å². The van der Waals surface area contributed by atoms with Gasteiger partial charge in [-0.1, -0.05) is 36.4 Å². The molecule has 0 spiro atoms. The number of fused-ring (bicyclic) bond motifs is 2. The minimum atomic E-state index is -0.485. The normalized spacial score (nSPS) is 17.1. The number of carbonyl (C=O) groups excluding carboxylic acids is 1. The van der Waals surface area contributed by atoms with E-state index in [1.54, 1.807) is 12.0 Å². The minimum absolute atomic E-state index is 0.0864. The Balaban J connectivity index is 2.27. The molecule has 0 saturated heterocycles. The molecular weight excluding hydrogens is 252 g/mol. The number of anilines is 2. The van der Waals surface area contributed by atoms with Gasteiger partial charge in [0.25, 0.3) is 0 Å². The van der Waals surface area contributed by atoms with Crippen LogP contribution in [-0.2, 0) is 11.2 Å². The summed E-state index contributed by atoms with van der Waals surface area (Å²) < 4.78 is 5.60. The van der Waals surface area contributed by atoms with Crippen molar-refractivity contribution in [3.63, 3.8) is 0 Å². The van der Waals surface area contributed by atoms with Crippen LogP contribution in [0.15, 0.2) is 48.5 Å². The number of methoxy groups -OCH3 is 1. The van der Waals surface area contributed by atoms with Crippen molar-refractivity contribution in [3.05, 3.63) is 59.7 Å². The standard InChI is InChI=1S/C16H16N2O2/c1-20-15-10-11-6-2-4-8-13(11)18(16(17)19)14-9-5-3-7-12(14)15/h2-9,15H,10H2,1H3,(H2,17,19)/t15-/m0/s1. The summed E-state index contributed by atoms with van der Waals surface area (Å²) in [6.45, 7) is 0. The van der Waals surface area contributed by atoms with E-state index in [-0.39, 0.29) is 6.10 Å². The zero-order valence-corrected chi connectivity index (χ0v) is 11.2. The summed E-state index contributed by atoms with van der Waals surface area (Å²) in [7, 11) is 1.68. The van der Waals surface area contributed by atoms with Crippen molar-refractivity contribution in [3.8, 4) is 0 Å². The number of nitrogens with two attached hydrogens (primary N) is 1. The molecule has 0 aliphatic carbocycles. The minimum Gasteiger partial charge on any atom is -0.376 e. The summed E-state index contributed by atoms with van der Waals surface area (Å²) in [5.74, 6) is 0. The Bertz CT molecular complexity index is 654. The Hall–Kier alpha value is -2.33. The van der Waals surface area contributed by atoms with E-state index in [0.717, 1.165) is 22.5 Å². The summed E-state index contributed by atoms with van der Waals surface area (Å²) in [5.41, 5.74) is 9.24. The number of amides is 2. The maximum atomic E-state index is 11.9. The van der Waals surface area contributed by atoms with Gasteiger partial charge < -0.3 is 10.5 Å². The first-order valence-corrected chi connectivity index (χ1v) is 6.51. The van der Waals surface area contributed by atoms with E-state index in [2.05, 4.69) is 0 Å². The van der Waals surface area contributed by atoms with Gasteiger partial charge in [0.05, 0.1) is 17.5 Å². The number of para-hydroxylation sites is 2. The largest absolute Gasteiger partial charge is 0.376 e. The summed E-state index contributed by atoms with van der Waals surface area (Å²) in [4.78, 5) is 13.5. The summed E-state index contributed by atoms with van der Waals surface area (Å²) in [6, 6.07) is 15.0. The van der Waals surface area contributed by atoms with Gasteiger partial charge in [-0.25, -0.2) is 4.79 Å². The number of primary amides is 1. The zero-order chi connectivity index (χ0) is 14.1. The van der Waals surface area contributed by atoms with Gasteiger partial charge >= 0.3 is 6.03 Å². The first kappa shape index (κ1) is 12.7. The number of carbonyl (C=O) groups is 1. The van der Waals surface area contributed by atoms with Crippen LogP contribution in [0.25, 0.3) is 0 Å². The Morgan fingerprint density at radius 3 is 2.50 bits per heavy atom. The Labute approximate surface area is 117 Å². The lowest BCUT2D eigenvalue weighted by Gasteiger charge is -2.23. The average Bonchev–Trinajstić information content (AvgIpc) is 2.61. The van der Waals surface area contributed by atoms with E-state index in [9.17, 15) is 4.79 Å². The van der Waals surface area contributed by atoms with Crippen LogP contribution < -0.4 is 10.6 Å². The maximum Gasteiger partial charge on any atom is 0.323 e. The number of hydrogen-bond acceptors (Lipinski definition) is 2. The third kappa shape index (κ3) is 1.94.